The molecule has 2 saturated heterocycles. The van der Waals surface area contributed by atoms with Gasteiger partial charge in [-0.15, -0.1) is 0 Å². The first-order chi connectivity index (χ1) is 6.68. The van der Waals surface area contributed by atoms with Gasteiger partial charge in [0.25, 0.3) is 0 Å². The number of amides is 2. The molecule has 2 aliphatic rings. The Morgan fingerprint density at radius 2 is 2.43 bits per heavy atom. The molecule has 0 bridgehead atoms. The lowest BCUT2D eigenvalue weighted by Gasteiger charge is -2.47. The van der Waals surface area contributed by atoms with E-state index >= 15 is 0 Å². The summed E-state index contributed by atoms with van der Waals surface area (Å²) < 4.78 is 0. The first kappa shape index (κ1) is 9.45. The van der Waals surface area contributed by atoms with E-state index in [1.807, 2.05) is 0 Å². The maximum Gasteiger partial charge on any atom is 0.236 e. The van der Waals surface area contributed by atoms with Crippen LogP contribution in [0.5, 0.6) is 0 Å². The fraction of sp³-hybridized carbons (Fsp3) is 0.778. The summed E-state index contributed by atoms with van der Waals surface area (Å²) in [4.78, 5) is 24.5. The quantitative estimate of drug-likeness (QED) is 0.512. The number of likely N-dealkylation sites (tertiary alicyclic amines) is 1. The van der Waals surface area contributed by atoms with Gasteiger partial charge < -0.3 is 16.0 Å². The summed E-state index contributed by atoms with van der Waals surface area (Å²) in [6.07, 6.45) is 1.80. The zero-order chi connectivity index (χ0) is 10.2. The van der Waals surface area contributed by atoms with Crippen molar-refractivity contribution < 1.29 is 9.59 Å². The van der Waals surface area contributed by atoms with E-state index in [4.69, 9.17) is 5.73 Å². The highest BCUT2D eigenvalue weighted by molar-refractivity contribution is 5.90. The maximum atomic E-state index is 11.4. The molecule has 0 aliphatic carbocycles. The van der Waals surface area contributed by atoms with Gasteiger partial charge in [0.1, 0.15) is 0 Å². The van der Waals surface area contributed by atoms with Crippen LogP contribution >= 0.6 is 0 Å². The third-order valence-electron chi connectivity index (χ3n) is 3.17. The summed E-state index contributed by atoms with van der Waals surface area (Å²) in [6, 6.07) is 0. The molecule has 2 amide bonds. The predicted molar refractivity (Wildman–Crippen MR) is 50.3 cm³/mol. The Labute approximate surface area is 82.6 Å². The maximum absolute atomic E-state index is 11.4. The van der Waals surface area contributed by atoms with Crippen LogP contribution in [-0.2, 0) is 9.59 Å². The Kier molecular flexibility index (Phi) is 2.19. The molecular weight excluding hydrogens is 182 g/mol. The third kappa shape index (κ3) is 1.28. The van der Waals surface area contributed by atoms with Crippen molar-refractivity contribution >= 4 is 11.8 Å². The van der Waals surface area contributed by atoms with E-state index in [1.165, 1.54) is 0 Å². The summed E-state index contributed by atoms with van der Waals surface area (Å²) in [6.45, 7) is 2.04. The van der Waals surface area contributed by atoms with Crippen molar-refractivity contribution in [1.82, 2.24) is 10.2 Å². The SMILES string of the molecule is NCC(=O)N1CCCC2(CNC2=O)C1. The smallest absolute Gasteiger partial charge is 0.236 e. The standard InChI is InChI=1S/C9H15N3O2/c10-4-7(13)12-3-1-2-9(6-12)5-11-8(9)14/h1-6,10H2,(H,11,14). The lowest BCUT2D eigenvalue weighted by Crippen LogP contribution is -2.66. The number of carbonyl (C=O) groups is 2. The summed E-state index contributed by atoms with van der Waals surface area (Å²) in [5, 5.41) is 2.74. The summed E-state index contributed by atoms with van der Waals surface area (Å²) in [7, 11) is 0. The van der Waals surface area contributed by atoms with Gasteiger partial charge in [-0.25, -0.2) is 0 Å². The minimum Gasteiger partial charge on any atom is -0.354 e. The van der Waals surface area contributed by atoms with E-state index in [-0.39, 0.29) is 23.8 Å². The lowest BCUT2D eigenvalue weighted by atomic mass is 9.74. The third-order valence-corrected chi connectivity index (χ3v) is 3.17. The summed E-state index contributed by atoms with van der Waals surface area (Å²) >= 11 is 0. The van der Waals surface area contributed by atoms with E-state index in [9.17, 15) is 9.59 Å². The number of hydrogen-bond donors (Lipinski definition) is 2. The van der Waals surface area contributed by atoms with Crippen molar-refractivity contribution in [2.24, 2.45) is 11.1 Å². The highest BCUT2D eigenvalue weighted by atomic mass is 16.2. The summed E-state index contributed by atoms with van der Waals surface area (Å²) in [5.41, 5.74) is 5.01. The molecule has 5 nitrogen and oxygen atoms in total. The molecule has 2 heterocycles. The van der Waals surface area contributed by atoms with Crippen LogP contribution in [0.15, 0.2) is 0 Å². The van der Waals surface area contributed by atoms with Crippen LogP contribution in [0.25, 0.3) is 0 Å². The molecule has 0 aromatic heterocycles. The van der Waals surface area contributed by atoms with Gasteiger partial charge >= 0.3 is 0 Å². The van der Waals surface area contributed by atoms with E-state index in [0.717, 1.165) is 19.4 Å². The fourth-order valence-corrected chi connectivity index (χ4v) is 2.21. The van der Waals surface area contributed by atoms with E-state index in [0.29, 0.717) is 13.1 Å². The molecule has 78 valence electrons. The average Bonchev–Trinajstić information content (AvgIpc) is 2.26. The molecule has 2 rings (SSSR count). The van der Waals surface area contributed by atoms with Gasteiger partial charge in [0.05, 0.1) is 12.0 Å². The number of rotatable bonds is 1. The van der Waals surface area contributed by atoms with Gasteiger partial charge in [-0.2, -0.15) is 0 Å². The first-order valence-corrected chi connectivity index (χ1v) is 4.94. The van der Waals surface area contributed by atoms with Crippen molar-refractivity contribution in [3.05, 3.63) is 0 Å². The summed E-state index contributed by atoms with van der Waals surface area (Å²) in [5.74, 6) is 0.0378. The van der Waals surface area contributed by atoms with Crippen molar-refractivity contribution in [1.29, 1.82) is 0 Å². The average molecular weight is 197 g/mol. The van der Waals surface area contributed by atoms with Crippen molar-refractivity contribution in [3.8, 4) is 0 Å². The molecule has 1 unspecified atom stereocenters. The van der Waals surface area contributed by atoms with Crippen molar-refractivity contribution in [2.75, 3.05) is 26.2 Å². The molecule has 1 atom stereocenters. The van der Waals surface area contributed by atoms with Crippen molar-refractivity contribution in [3.63, 3.8) is 0 Å². The van der Waals surface area contributed by atoms with Gasteiger partial charge in [0.15, 0.2) is 0 Å². The van der Waals surface area contributed by atoms with Gasteiger partial charge in [-0.3, -0.25) is 9.59 Å². The van der Waals surface area contributed by atoms with E-state index < -0.39 is 0 Å². The van der Waals surface area contributed by atoms with Crippen LogP contribution in [0.1, 0.15) is 12.8 Å². The second-order valence-electron chi connectivity index (χ2n) is 4.09. The predicted octanol–water partition coefficient (Wildman–Crippen LogP) is -1.32. The molecule has 5 heteroatoms. The normalized spacial score (nSPS) is 31.2. The Morgan fingerprint density at radius 3 is 2.93 bits per heavy atom. The minimum absolute atomic E-state index is 0.0394. The highest BCUT2D eigenvalue weighted by Crippen LogP contribution is 2.34. The molecule has 0 radical (unpaired) electrons. The number of piperidine rings is 1. The Balaban J connectivity index is 2.04. The Hall–Kier alpha value is -1.10. The minimum atomic E-state index is -0.289. The molecule has 0 saturated carbocycles. The van der Waals surface area contributed by atoms with Crippen LogP contribution in [-0.4, -0.2) is 42.9 Å². The second-order valence-corrected chi connectivity index (χ2v) is 4.09. The molecule has 0 aromatic rings. The largest absolute Gasteiger partial charge is 0.354 e. The second kappa shape index (κ2) is 3.24. The van der Waals surface area contributed by atoms with Gasteiger partial charge in [0.2, 0.25) is 11.8 Å². The van der Waals surface area contributed by atoms with E-state index in [2.05, 4.69) is 5.32 Å². The Morgan fingerprint density at radius 1 is 1.64 bits per heavy atom. The number of carbonyl (C=O) groups excluding carboxylic acids is 2. The molecular formula is C9H15N3O2. The molecule has 0 aromatic carbocycles. The first-order valence-electron chi connectivity index (χ1n) is 4.94. The van der Waals surface area contributed by atoms with Crippen LogP contribution in [0, 0.1) is 5.41 Å². The zero-order valence-corrected chi connectivity index (χ0v) is 8.08. The number of nitrogens with one attached hydrogen (secondary N) is 1. The zero-order valence-electron chi connectivity index (χ0n) is 8.08. The molecule has 3 N–H and O–H groups in total. The highest BCUT2D eigenvalue weighted by Gasteiger charge is 2.49. The topological polar surface area (TPSA) is 75.4 Å². The van der Waals surface area contributed by atoms with Crippen LogP contribution in [0.4, 0.5) is 0 Å². The van der Waals surface area contributed by atoms with Gasteiger partial charge in [-0.05, 0) is 12.8 Å². The van der Waals surface area contributed by atoms with E-state index in [1.54, 1.807) is 4.90 Å². The fourth-order valence-electron chi connectivity index (χ4n) is 2.21. The van der Waals surface area contributed by atoms with Crippen molar-refractivity contribution in [2.45, 2.75) is 12.8 Å². The number of nitrogens with two attached hydrogens (primary N) is 1. The van der Waals surface area contributed by atoms with Gasteiger partial charge in [0, 0.05) is 19.6 Å². The molecule has 14 heavy (non-hydrogen) atoms. The van der Waals surface area contributed by atoms with Crippen LogP contribution in [0.3, 0.4) is 0 Å². The number of nitrogens with zero attached hydrogens (tertiary/aromatic N) is 1. The number of hydrogen-bond acceptors (Lipinski definition) is 3. The molecule has 2 fully saturated rings. The van der Waals surface area contributed by atoms with Crippen LogP contribution in [0.2, 0.25) is 0 Å². The monoisotopic (exact) mass is 197 g/mol. The van der Waals surface area contributed by atoms with Crippen LogP contribution < -0.4 is 11.1 Å². The molecule has 1 spiro atoms. The van der Waals surface area contributed by atoms with Gasteiger partial charge in [-0.1, -0.05) is 0 Å². The Bertz CT molecular complexity index is 279. The number of β-lactam (4-membered cyclic amide) rings is 1. The lowest BCUT2D eigenvalue weighted by molar-refractivity contribution is -0.148. The molecule has 2 aliphatic heterocycles.